The Morgan fingerprint density at radius 1 is 1.47 bits per heavy atom. The lowest BCUT2D eigenvalue weighted by Crippen LogP contribution is -2.37. The van der Waals surface area contributed by atoms with Crippen LogP contribution in [0.25, 0.3) is 0 Å². The highest BCUT2D eigenvalue weighted by atomic mass is 16.5. The minimum atomic E-state index is 0.0705. The van der Waals surface area contributed by atoms with Crippen molar-refractivity contribution in [3.05, 3.63) is 17.9 Å². The van der Waals surface area contributed by atoms with Gasteiger partial charge in [0.25, 0.3) is 0 Å². The molecule has 0 aliphatic carbocycles. The van der Waals surface area contributed by atoms with Gasteiger partial charge in [-0.05, 0) is 18.9 Å². The summed E-state index contributed by atoms with van der Waals surface area (Å²) in [5.41, 5.74) is 0. The maximum Gasteiger partial charge on any atom is 0.196 e. The van der Waals surface area contributed by atoms with E-state index in [9.17, 15) is 4.79 Å². The molecule has 0 spiro atoms. The lowest BCUT2D eigenvalue weighted by molar-refractivity contribution is 0.0155. The lowest BCUT2D eigenvalue weighted by Gasteiger charge is -2.31. The average molecular weight is 239 g/mol. The molecule has 1 aliphatic heterocycles. The third-order valence-corrected chi connectivity index (χ3v) is 2.93. The Labute approximate surface area is 100.0 Å². The summed E-state index contributed by atoms with van der Waals surface area (Å²) in [6.45, 7) is 2.17. The van der Waals surface area contributed by atoms with Gasteiger partial charge in [-0.1, -0.05) is 0 Å². The molecule has 5 heteroatoms. The third kappa shape index (κ3) is 3.08. The Morgan fingerprint density at radius 2 is 2.24 bits per heavy atom. The van der Waals surface area contributed by atoms with Crippen LogP contribution in [0.2, 0.25) is 0 Å². The van der Waals surface area contributed by atoms with Gasteiger partial charge in [-0.25, -0.2) is 0 Å². The van der Waals surface area contributed by atoms with Crippen molar-refractivity contribution in [1.29, 1.82) is 0 Å². The van der Waals surface area contributed by atoms with E-state index in [1.54, 1.807) is 6.07 Å². The van der Waals surface area contributed by atoms with Crippen LogP contribution in [0.1, 0.15) is 23.4 Å². The van der Waals surface area contributed by atoms with Crippen LogP contribution in [-0.2, 0) is 4.74 Å². The molecule has 94 valence electrons. The van der Waals surface area contributed by atoms with Gasteiger partial charge >= 0.3 is 0 Å². The van der Waals surface area contributed by atoms with Gasteiger partial charge in [-0.3, -0.25) is 4.79 Å². The van der Waals surface area contributed by atoms with E-state index in [1.807, 2.05) is 6.07 Å². The minimum Gasteiger partial charge on any atom is -0.438 e. The van der Waals surface area contributed by atoms with Gasteiger partial charge in [0.2, 0.25) is 0 Å². The van der Waals surface area contributed by atoms with E-state index in [1.165, 1.54) is 0 Å². The van der Waals surface area contributed by atoms with Gasteiger partial charge < -0.3 is 19.2 Å². The van der Waals surface area contributed by atoms with Crippen LogP contribution in [-0.4, -0.2) is 43.8 Å². The first-order valence-electron chi connectivity index (χ1n) is 5.86. The first-order valence-corrected chi connectivity index (χ1v) is 5.86. The molecule has 1 aromatic heterocycles. The summed E-state index contributed by atoms with van der Waals surface area (Å²) < 4.78 is 10.8. The van der Waals surface area contributed by atoms with E-state index in [-0.39, 0.29) is 12.7 Å². The molecule has 0 aromatic carbocycles. The molecule has 0 unspecified atom stereocenters. The van der Waals surface area contributed by atoms with Crippen LogP contribution in [0.3, 0.4) is 0 Å². The number of anilines is 1. The van der Waals surface area contributed by atoms with Crippen molar-refractivity contribution in [2.75, 3.05) is 31.2 Å². The number of carbonyl (C=O) groups excluding carboxylic acids is 1. The molecule has 17 heavy (non-hydrogen) atoms. The molecule has 0 bridgehead atoms. The number of hydrogen-bond acceptors (Lipinski definition) is 5. The van der Waals surface area contributed by atoms with Crippen molar-refractivity contribution >= 4 is 12.2 Å². The van der Waals surface area contributed by atoms with Crippen LogP contribution in [0.4, 0.5) is 5.88 Å². The highest BCUT2D eigenvalue weighted by molar-refractivity contribution is 5.71. The highest BCUT2D eigenvalue weighted by Gasteiger charge is 2.21. The largest absolute Gasteiger partial charge is 0.438 e. The van der Waals surface area contributed by atoms with E-state index < -0.39 is 0 Å². The van der Waals surface area contributed by atoms with Crippen molar-refractivity contribution in [3.63, 3.8) is 0 Å². The number of carbonyl (C=O) groups is 1. The molecule has 0 amide bonds. The summed E-state index contributed by atoms with van der Waals surface area (Å²) in [4.78, 5) is 12.6. The van der Waals surface area contributed by atoms with Gasteiger partial charge in [-0.2, -0.15) is 0 Å². The van der Waals surface area contributed by atoms with Crippen molar-refractivity contribution in [2.45, 2.75) is 18.9 Å². The number of rotatable bonds is 5. The summed E-state index contributed by atoms with van der Waals surface area (Å²) >= 11 is 0. The predicted octanol–water partition coefficient (Wildman–Crippen LogP) is 1.07. The average Bonchev–Trinajstić information content (AvgIpc) is 2.86. The minimum absolute atomic E-state index is 0.0705. The number of hydrogen-bond donors (Lipinski definition) is 1. The summed E-state index contributed by atoms with van der Waals surface area (Å²) in [6, 6.07) is 3.50. The molecule has 1 aliphatic rings. The van der Waals surface area contributed by atoms with Crippen LogP contribution in [0.15, 0.2) is 16.5 Å². The third-order valence-electron chi connectivity index (χ3n) is 2.93. The topological polar surface area (TPSA) is 62.9 Å². The predicted molar refractivity (Wildman–Crippen MR) is 62.4 cm³/mol. The standard InChI is InChI=1S/C12H17NO4/c14-7-8-16-10-3-5-13(6-4-10)12-2-1-11(9-15)17-12/h1-2,9-10,14H,3-8H2. The normalized spacial score (nSPS) is 17.4. The first kappa shape index (κ1) is 12.1. The summed E-state index contributed by atoms with van der Waals surface area (Å²) in [5.74, 6) is 1.10. The first-order chi connectivity index (χ1) is 8.33. The molecule has 1 aromatic rings. The van der Waals surface area contributed by atoms with Crippen molar-refractivity contribution in [1.82, 2.24) is 0 Å². The molecule has 2 heterocycles. The van der Waals surface area contributed by atoms with Gasteiger partial charge in [-0.15, -0.1) is 0 Å². The monoisotopic (exact) mass is 239 g/mol. The summed E-state index contributed by atoms with van der Waals surface area (Å²) in [6.07, 6.45) is 2.76. The number of aldehydes is 1. The SMILES string of the molecule is O=Cc1ccc(N2CCC(OCCO)CC2)o1. The fourth-order valence-corrected chi connectivity index (χ4v) is 2.04. The Morgan fingerprint density at radius 3 is 2.82 bits per heavy atom. The molecular formula is C12H17NO4. The van der Waals surface area contributed by atoms with E-state index in [0.29, 0.717) is 18.7 Å². The molecule has 2 rings (SSSR count). The maximum atomic E-state index is 10.5. The quantitative estimate of drug-likeness (QED) is 0.779. The second-order valence-corrected chi connectivity index (χ2v) is 4.07. The van der Waals surface area contributed by atoms with Crippen molar-refractivity contribution in [3.8, 4) is 0 Å². The van der Waals surface area contributed by atoms with Crippen LogP contribution < -0.4 is 4.90 Å². The molecule has 1 saturated heterocycles. The zero-order chi connectivity index (χ0) is 12.1. The molecule has 5 nitrogen and oxygen atoms in total. The number of aliphatic hydroxyl groups is 1. The Hall–Kier alpha value is -1.33. The second kappa shape index (κ2) is 5.84. The highest BCUT2D eigenvalue weighted by Crippen LogP contribution is 2.23. The molecule has 0 radical (unpaired) electrons. The Bertz CT molecular complexity index is 355. The Balaban J connectivity index is 1.84. The van der Waals surface area contributed by atoms with Crippen LogP contribution >= 0.6 is 0 Å². The summed E-state index contributed by atoms with van der Waals surface area (Å²) in [7, 11) is 0. The number of piperidine rings is 1. The zero-order valence-electron chi connectivity index (χ0n) is 9.67. The molecular weight excluding hydrogens is 222 g/mol. The summed E-state index contributed by atoms with van der Waals surface area (Å²) in [5, 5.41) is 8.67. The van der Waals surface area contributed by atoms with Crippen LogP contribution in [0.5, 0.6) is 0 Å². The fraction of sp³-hybridized carbons (Fsp3) is 0.583. The van der Waals surface area contributed by atoms with E-state index >= 15 is 0 Å². The maximum absolute atomic E-state index is 10.5. The van der Waals surface area contributed by atoms with Gasteiger partial charge in [0.05, 0.1) is 19.3 Å². The van der Waals surface area contributed by atoms with Crippen molar-refractivity contribution < 1.29 is 19.1 Å². The number of ether oxygens (including phenoxy) is 1. The number of furan rings is 1. The van der Waals surface area contributed by atoms with Crippen LogP contribution in [0, 0.1) is 0 Å². The van der Waals surface area contributed by atoms with Gasteiger partial charge in [0.1, 0.15) is 0 Å². The second-order valence-electron chi connectivity index (χ2n) is 4.07. The van der Waals surface area contributed by atoms with Crippen molar-refractivity contribution in [2.24, 2.45) is 0 Å². The number of aliphatic hydroxyl groups excluding tert-OH is 1. The molecule has 1 N–H and O–H groups in total. The Kier molecular flexibility index (Phi) is 4.17. The fourth-order valence-electron chi connectivity index (χ4n) is 2.04. The lowest BCUT2D eigenvalue weighted by atomic mass is 10.1. The zero-order valence-corrected chi connectivity index (χ0v) is 9.67. The number of nitrogens with zero attached hydrogens (tertiary/aromatic N) is 1. The van der Waals surface area contributed by atoms with E-state index in [4.69, 9.17) is 14.3 Å². The van der Waals surface area contributed by atoms with E-state index in [2.05, 4.69) is 4.90 Å². The smallest absolute Gasteiger partial charge is 0.196 e. The van der Waals surface area contributed by atoms with Gasteiger partial charge in [0, 0.05) is 19.2 Å². The molecule has 0 saturated carbocycles. The van der Waals surface area contributed by atoms with Gasteiger partial charge in [0.15, 0.2) is 17.9 Å². The van der Waals surface area contributed by atoms with E-state index in [0.717, 1.165) is 31.8 Å². The molecule has 0 atom stereocenters. The molecule has 1 fully saturated rings.